The van der Waals surface area contributed by atoms with Crippen molar-refractivity contribution in [2.75, 3.05) is 6.61 Å². The first-order valence-corrected chi connectivity index (χ1v) is 6.39. The van der Waals surface area contributed by atoms with Crippen LogP contribution in [0.3, 0.4) is 0 Å². The van der Waals surface area contributed by atoms with Crippen LogP contribution in [0.4, 0.5) is 0 Å². The number of rotatable bonds is 0. The van der Waals surface area contributed by atoms with Gasteiger partial charge in [0.2, 0.25) is 0 Å². The van der Waals surface area contributed by atoms with E-state index in [9.17, 15) is 9.90 Å². The fourth-order valence-electron chi connectivity index (χ4n) is 1.63. The minimum atomic E-state index is -1.08. The van der Waals surface area contributed by atoms with Gasteiger partial charge in [-0.15, -0.1) is 0 Å². The molecule has 0 bridgehead atoms. The maximum Gasteiger partial charge on any atom is 0.306 e. The van der Waals surface area contributed by atoms with Crippen LogP contribution in [-0.4, -0.2) is 23.3 Å². The lowest BCUT2D eigenvalue weighted by atomic mass is 10.1. The summed E-state index contributed by atoms with van der Waals surface area (Å²) in [5.74, 6) is -0.271. The lowest BCUT2D eigenvalue weighted by molar-refractivity contribution is -0.148. The smallest absolute Gasteiger partial charge is 0.306 e. The van der Waals surface area contributed by atoms with Crippen molar-refractivity contribution in [2.45, 2.75) is 45.1 Å². The van der Waals surface area contributed by atoms with Crippen LogP contribution in [0.2, 0.25) is 0 Å². The average Bonchev–Trinajstić information content (AvgIpc) is 2.31. The maximum absolute atomic E-state index is 11.4. The van der Waals surface area contributed by atoms with Crippen LogP contribution in [-0.2, 0) is 9.53 Å². The third-order valence-electron chi connectivity index (χ3n) is 2.70. The van der Waals surface area contributed by atoms with E-state index >= 15 is 0 Å². The summed E-state index contributed by atoms with van der Waals surface area (Å²) in [6.45, 7) is 3.70. The van der Waals surface area contributed by atoms with Gasteiger partial charge in [-0.05, 0) is 33.1 Å². The van der Waals surface area contributed by atoms with Crippen molar-refractivity contribution in [3.05, 3.63) is 36.0 Å². The molecule has 3 nitrogen and oxygen atoms in total. The fraction of sp³-hybridized carbons (Fsp3) is 0.533. The van der Waals surface area contributed by atoms with E-state index in [1.165, 1.54) is 5.57 Å². The number of aliphatic hydroxyl groups is 1. The predicted octanol–water partition coefficient (Wildman–Crippen LogP) is 2.91. The molecule has 0 radical (unpaired) electrons. The molecule has 0 amide bonds. The van der Waals surface area contributed by atoms with Crippen LogP contribution in [0, 0.1) is 0 Å². The molecule has 1 heterocycles. The van der Waals surface area contributed by atoms with E-state index in [2.05, 4.69) is 6.08 Å². The van der Waals surface area contributed by atoms with E-state index in [0.29, 0.717) is 12.8 Å². The predicted molar refractivity (Wildman–Crippen MR) is 72.1 cm³/mol. The molecule has 0 spiro atoms. The zero-order valence-corrected chi connectivity index (χ0v) is 11.2. The molecule has 0 aromatic carbocycles. The normalized spacial score (nSPS) is 33.7. The second kappa shape index (κ2) is 7.17. The Balaban J connectivity index is 2.68. The van der Waals surface area contributed by atoms with Crippen molar-refractivity contribution in [3.63, 3.8) is 0 Å². The summed E-state index contributed by atoms with van der Waals surface area (Å²) >= 11 is 0. The molecule has 1 N–H and O–H groups in total. The van der Waals surface area contributed by atoms with Crippen LogP contribution in [0.25, 0.3) is 0 Å². The summed E-state index contributed by atoms with van der Waals surface area (Å²) in [5, 5.41) is 9.96. The highest BCUT2D eigenvalue weighted by molar-refractivity contribution is 5.69. The minimum Gasteiger partial charge on any atom is -0.462 e. The fourth-order valence-corrected chi connectivity index (χ4v) is 1.63. The zero-order chi connectivity index (χ0) is 13.4. The molecule has 0 aromatic rings. The monoisotopic (exact) mass is 250 g/mol. The van der Waals surface area contributed by atoms with Gasteiger partial charge in [0, 0.05) is 6.42 Å². The summed E-state index contributed by atoms with van der Waals surface area (Å²) in [6, 6.07) is 0. The Morgan fingerprint density at radius 2 is 2.06 bits per heavy atom. The van der Waals surface area contributed by atoms with Gasteiger partial charge < -0.3 is 9.84 Å². The van der Waals surface area contributed by atoms with E-state index in [4.69, 9.17) is 4.74 Å². The van der Waals surface area contributed by atoms with Gasteiger partial charge >= 0.3 is 5.97 Å². The number of ether oxygens (including phenoxy) is 1. The van der Waals surface area contributed by atoms with Gasteiger partial charge in [-0.2, -0.15) is 0 Å². The molecule has 100 valence electrons. The van der Waals surface area contributed by atoms with Crippen LogP contribution >= 0.6 is 0 Å². The summed E-state index contributed by atoms with van der Waals surface area (Å²) < 4.78 is 5.04. The van der Waals surface area contributed by atoms with Crippen molar-refractivity contribution >= 4 is 5.97 Å². The van der Waals surface area contributed by atoms with Crippen molar-refractivity contribution in [1.29, 1.82) is 0 Å². The number of hydrogen-bond acceptors (Lipinski definition) is 3. The summed E-state index contributed by atoms with van der Waals surface area (Å²) in [5.41, 5.74) is 0.120. The quantitative estimate of drug-likeness (QED) is 0.531. The molecule has 0 saturated heterocycles. The molecule has 1 aliphatic heterocycles. The molecule has 0 unspecified atom stereocenters. The first-order valence-electron chi connectivity index (χ1n) is 6.39. The number of esters is 1. The standard InChI is InChI=1S/C15H22O3/c1-13-8-4-3-7-11-15(2,17)12-18-14(16)10-6-5-9-13/h5,7-9,11,17H,3-4,6,10,12H2,1-2H3/b9-5+,11-7+,13-8+/t15-/m0/s1. The van der Waals surface area contributed by atoms with Gasteiger partial charge in [-0.25, -0.2) is 0 Å². The van der Waals surface area contributed by atoms with E-state index in [1.807, 2.05) is 25.2 Å². The summed E-state index contributed by atoms with van der Waals surface area (Å²) in [4.78, 5) is 11.4. The molecule has 0 fully saturated rings. The molecule has 1 atom stereocenters. The van der Waals surface area contributed by atoms with Gasteiger partial charge in [0.25, 0.3) is 0 Å². The van der Waals surface area contributed by atoms with E-state index < -0.39 is 5.60 Å². The zero-order valence-electron chi connectivity index (χ0n) is 11.2. The highest BCUT2D eigenvalue weighted by atomic mass is 16.5. The molecule has 1 aliphatic rings. The Bertz CT molecular complexity index is 362. The molecule has 3 heteroatoms. The van der Waals surface area contributed by atoms with E-state index in [-0.39, 0.29) is 12.6 Å². The van der Waals surface area contributed by atoms with Crippen LogP contribution in [0.1, 0.15) is 39.5 Å². The molecular weight excluding hydrogens is 228 g/mol. The van der Waals surface area contributed by atoms with Crippen LogP contribution in [0.5, 0.6) is 0 Å². The van der Waals surface area contributed by atoms with Crippen LogP contribution in [0.15, 0.2) is 36.0 Å². The van der Waals surface area contributed by atoms with Crippen molar-refractivity contribution in [2.24, 2.45) is 0 Å². The Morgan fingerprint density at radius 3 is 2.83 bits per heavy atom. The highest BCUT2D eigenvalue weighted by Gasteiger charge is 2.18. The molecule has 1 rings (SSSR count). The van der Waals surface area contributed by atoms with Gasteiger partial charge in [-0.3, -0.25) is 4.79 Å². The topological polar surface area (TPSA) is 46.5 Å². The molecular formula is C15H22O3. The first kappa shape index (κ1) is 14.7. The first-order chi connectivity index (χ1) is 8.49. The van der Waals surface area contributed by atoms with E-state index in [1.54, 1.807) is 13.0 Å². The van der Waals surface area contributed by atoms with Gasteiger partial charge in [0.05, 0.1) is 0 Å². The molecule has 0 aliphatic carbocycles. The lowest BCUT2D eigenvalue weighted by Gasteiger charge is -2.18. The van der Waals surface area contributed by atoms with Crippen molar-refractivity contribution < 1.29 is 14.6 Å². The Labute approximate surface area is 109 Å². The lowest BCUT2D eigenvalue weighted by Crippen LogP contribution is -2.29. The number of allylic oxidation sites excluding steroid dienone is 5. The average molecular weight is 250 g/mol. The second-order valence-electron chi connectivity index (χ2n) is 4.89. The molecule has 0 saturated carbocycles. The molecule has 0 aromatic heterocycles. The Hall–Kier alpha value is -1.35. The van der Waals surface area contributed by atoms with Crippen molar-refractivity contribution in [3.8, 4) is 0 Å². The number of cyclic esters (lactones) is 1. The number of carbonyl (C=O) groups excluding carboxylic acids is 1. The third kappa shape index (κ3) is 6.40. The van der Waals surface area contributed by atoms with Crippen LogP contribution < -0.4 is 0 Å². The van der Waals surface area contributed by atoms with E-state index in [0.717, 1.165) is 12.8 Å². The maximum atomic E-state index is 11.4. The van der Waals surface area contributed by atoms with Gasteiger partial charge in [-0.1, -0.05) is 36.0 Å². The van der Waals surface area contributed by atoms with Gasteiger partial charge in [0.15, 0.2) is 0 Å². The summed E-state index contributed by atoms with van der Waals surface area (Å²) in [7, 11) is 0. The van der Waals surface area contributed by atoms with Crippen molar-refractivity contribution in [1.82, 2.24) is 0 Å². The Kier molecular flexibility index (Phi) is 5.86. The minimum absolute atomic E-state index is 0.0148. The Morgan fingerprint density at radius 1 is 1.28 bits per heavy atom. The largest absolute Gasteiger partial charge is 0.462 e. The number of carbonyl (C=O) groups is 1. The highest BCUT2D eigenvalue weighted by Crippen LogP contribution is 2.10. The third-order valence-corrected chi connectivity index (χ3v) is 2.70. The summed E-state index contributed by atoms with van der Waals surface area (Å²) in [6.07, 6.45) is 12.6. The van der Waals surface area contributed by atoms with Gasteiger partial charge in [0.1, 0.15) is 12.2 Å². The molecule has 18 heavy (non-hydrogen) atoms. The number of hydrogen-bond donors (Lipinski definition) is 1. The second-order valence-corrected chi connectivity index (χ2v) is 4.89. The SMILES string of the molecule is CC1=C\CC/C=C/[C@](C)(O)COC(=O)CC\C=C\1.